The molecule has 0 heterocycles. The van der Waals surface area contributed by atoms with Gasteiger partial charge in [0.15, 0.2) is 0 Å². The molecule has 31 heavy (non-hydrogen) atoms. The minimum Gasteiger partial charge on any atom is -0.392 e. The fourth-order valence-electron chi connectivity index (χ4n) is 9.68. The van der Waals surface area contributed by atoms with Crippen LogP contribution >= 0.6 is 0 Å². The summed E-state index contributed by atoms with van der Waals surface area (Å²) in [6.07, 6.45) is 14.2. The van der Waals surface area contributed by atoms with E-state index in [0.29, 0.717) is 22.2 Å². The predicted molar refractivity (Wildman–Crippen MR) is 133 cm³/mol. The smallest absolute Gasteiger partial charge is 0.0634 e. The molecule has 0 bridgehead atoms. The third-order valence-electron chi connectivity index (χ3n) is 11.8. The zero-order valence-corrected chi connectivity index (χ0v) is 22.1. The first-order valence-corrected chi connectivity index (χ1v) is 13.8. The van der Waals surface area contributed by atoms with Gasteiger partial charge in [0.05, 0.1) is 6.10 Å². The van der Waals surface area contributed by atoms with Crippen molar-refractivity contribution in [3.63, 3.8) is 0 Å². The lowest BCUT2D eigenvalue weighted by atomic mass is 9.43. The summed E-state index contributed by atoms with van der Waals surface area (Å²) in [4.78, 5) is 0. The summed E-state index contributed by atoms with van der Waals surface area (Å²) in [6, 6.07) is 0. The Balaban J connectivity index is 1.65. The van der Waals surface area contributed by atoms with Gasteiger partial charge in [-0.2, -0.15) is 0 Å². The Morgan fingerprint density at radius 1 is 0.839 bits per heavy atom. The largest absolute Gasteiger partial charge is 0.392 e. The van der Waals surface area contributed by atoms with Crippen LogP contribution < -0.4 is 0 Å². The highest BCUT2D eigenvalue weighted by molar-refractivity contribution is 5.39. The van der Waals surface area contributed by atoms with E-state index < -0.39 is 0 Å². The molecule has 0 aliphatic heterocycles. The van der Waals surface area contributed by atoms with Gasteiger partial charge in [-0.25, -0.2) is 0 Å². The van der Waals surface area contributed by atoms with Gasteiger partial charge in [0.25, 0.3) is 0 Å². The van der Waals surface area contributed by atoms with Crippen LogP contribution in [0.15, 0.2) is 11.1 Å². The third kappa shape index (κ3) is 3.41. The molecule has 0 aromatic carbocycles. The Bertz CT molecular complexity index is 716. The number of hydrogen-bond donors (Lipinski definition) is 1. The molecule has 2 fully saturated rings. The van der Waals surface area contributed by atoms with Crippen LogP contribution in [0.1, 0.15) is 126 Å². The van der Waals surface area contributed by atoms with Crippen molar-refractivity contribution in [1.29, 1.82) is 0 Å². The van der Waals surface area contributed by atoms with E-state index in [1.165, 1.54) is 64.2 Å². The molecule has 1 heteroatoms. The van der Waals surface area contributed by atoms with Gasteiger partial charge in [-0.15, -0.1) is 0 Å². The highest BCUT2D eigenvalue weighted by atomic mass is 16.3. The van der Waals surface area contributed by atoms with Crippen molar-refractivity contribution in [3.05, 3.63) is 11.1 Å². The first-order chi connectivity index (χ1) is 14.4. The van der Waals surface area contributed by atoms with E-state index in [9.17, 15) is 5.11 Å². The average Bonchev–Trinajstić information content (AvgIpc) is 2.96. The molecule has 1 N–H and O–H groups in total. The van der Waals surface area contributed by atoms with Crippen LogP contribution in [0.25, 0.3) is 0 Å². The van der Waals surface area contributed by atoms with Crippen LogP contribution in [0.3, 0.4) is 0 Å². The predicted octanol–water partition coefficient (Wildman–Crippen LogP) is 8.56. The van der Waals surface area contributed by atoms with E-state index in [2.05, 4.69) is 55.4 Å². The summed E-state index contributed by atoms with van der Waals surface area (Å²) < 4.78 is 0. The first kappa shape index (κ1) is 23.8. The molecule has 7 atom stereocenters. The molecule has 4 rings (SSSR count). The molecule has 4 aliphatic rings. The van der Waals surface area contributed by atoms with Crippen LogP contribution in [0.2, 0.25) is 0 Å². The Morgan fingerprint density at radius 2 is 1.55 bits per heavy atom. The van der Waals surface area contributed by atoms with Crippen molar-refractivity contribution in [3.8, 4) is 0 Å². The van der Waals surface area contributed by atoms with Crippen molar-refractivity contribution in [1.82, 2.24) is 0 Å². The van der Waals surface area contributed by atoms with Gasteiger partial charge in [-0.3, -0.25) is 0 Å². The van der Waals surface area contributed by atoms with Crippen LogP contribution in [-0.2, 0) is 0 Å². The second kappa shape index (κ2) is 7.89. The standard InChI is InChI=1S/C30H52O/c1-20(2)10-9-11-21(3)22-14-18-29(7)23-12-13-25-27(4,5)17-16-26(31)30(25,8)24(23)15-19-28(22,29)6/h20-22,25-26,31H,9-19H2,1-8H3/t21-,22-,25+,26?,28-,29+,30-/m1/s1. The SMILES string of the molecule is CC(C)CCC[C@@H](C)[C@H]1CC[C@@]2(C)C3=C(CC[C@]12C)[C@@]1(C)C(O)CCC(C)(C)[C@@H]1CC3. The minimum atomic E-state index is -0.143. The summed E-state index contributed by atoms with van der Waals surface area (Å²) in [5, 5.41) is 11.4. The molecule has 4 aliphatic carbocycles. The Labute approximate surface area is 193 Å². The summed E-state index contributed by atoms with van der Waals surface area (Å²) in [5.41, 5.74) is 4.71. The van der Waals surface area contributed by atoms with Crippen molar-refractivity contribution in [2.75, 3.05) is 0 Å². The molecule has 178 valence electrons. The molecular weight excluding hydrogens is 376 g/mol. The molecular formula is C30H52O. The highest BCUT2D eigenvalue weighted by Crippen LogP contribution is 2.72. The van der Waals surface area contributed by atoms with Crippen molar-refractivity contribution >= 4 is 0 Å². The van der Waals surface area contributed by atoms with Gasteiger partial charge in [-0.1, -0.05) is 85.8 Å². The number of fused-ring (bicyclic) bond motifs is 4. The normalized spacial score (nSPS) is 45.3. The maximum absolute atomic E-state index is 11.4. The fraction of sp³-hybridized carbons (Fsp3) is 0.933. The number of aliphatic hydroxyl groups excluding tert-OH is 1. The summed E-state index contributed by atoms with van der Waals surface area (Å²) in [6.45, 7) is 20.0. The number of hydrogen-bond acceptors (Lipinski definition) is 1. The van der Waals surface area contributed by atoms with Crippen LogP contribution in [0.5, 0.6) is 0 Å². The van der Waals surface area contributed by atoms with E-state index >= 15 is 0 Å². The van der Waals surface area contributed by atoms with E-state index in [4.69, 9.17) is 0 Å². The lowest BCUT2D eigenvalue weighted by Crippen LogP contribution is -2.56. The Morgan fingerprint density at radius 3 is 2.23 bits per heavy atom. The molecule has 0 amide bonds. The maximum atomic E-state index is 11.4. The fourth-order valence-corrected chi connectivity index (χ4v) is 9.68. The molecule has 2 saturated carbocycles. The lowest BCUT2D eigenvalue weighted by molar-refractivity contribution is -0.0967. The van der Waals surface area contributed by atoms with Gasteiger partial charge >= 0.3 is 0 Å². The summed E-state index contributed by atoms with van der Waals surface area (Å²) in [5.74, 6) is 3.19. The zero-order chi connectivity index (χ0) is 22.8. The van der Waals surface area contributed by atoms with Gasteiger partial charge < -0.3 is 5.11 Å². The molecule has 0 spiro atoms. The number of rotatable bonds is 5. The molecule has 0 aromatic rings. The topological polar surface area (TPSA) is 20.2 Å². The third-order valence-corrected chi connectivity index (χ3v) is 11.8. The van der Waals surface area contributed by atoms with Crippen LogP contribution in [0, 0.1) is 45.3 Å². The van der Waals surface area contributed by atoms with Crippen LogP contribution in [0.4, 0.5) is 0 Å². The summed E-state index contributed by atoms with van der Waals surface area (Å²) >= 11 is 0. The van der Waals surface area contributed by atoms with E-state index in [1.807, 2.05) is 5.57 Å². The second-order valence-corrected chi connectivity index (χ2v) is 14.1. The monoisotopic (exact) mass is 428 g/mol. The van der Waals surface area contributed by atoms with Crippen molar-refractivity contribution in [2.45, 2.75) is 132 Å². The van der Waals surface area contributed by atoms with Crippen molar-refractivity contribution in [2.24, 2.45) is 45.3 Å². The maximum Gasteiger partial charge on any atom is 0.0634 e. The van der Waals surface area contributed by atoms with Gasteiger partial charge in [0, 0.05) is 5.41 Å². The van der Waals surface area contributed by atoms with Crippen LogP contribution in [-0.4, -0.2) is 11.2 Å². The molecule has 1 nitrogen and oxygen atoms in total. The van der Waals surface area contributed by atoms with Gasteiger partial charge in [0.1, 0.15) is 0 Å². The lowest BCUT2D eigenvalue weighted by Gasteiger charge is -2.62. The molecule has 0 radical (unpaired) electrons. The zero-order valence-electron chi connectivity index (χ0n) is 22.1. The Kier molecular flexibility index (Phi) is 6.07. The quantitative estimate of drug-likeness (QED) is 0.435. The van der Waals surface area contributed by atoms with Gasteiger partial charge in [-0.05, 0) is 91.3 Å². The number of aliphatic hydroxyl groups is 1. The molecule has 0 aromatic heterocycles. The average molecular weight is 429 g/mol. The molecule has 0 saturated heterocycles. The minimum absolute atomic E-state index is 0.0145. The Hall–Kier alpha value is -0.300. The molecule has 1 unspecified atom stereocenters. The van der Waals surface area contributed by atoms with Gasteiger partial charge in [0.2, 0.25) is 0 Å². The number of allylic oxidation sites excluding steroid dienone is 1. The second-order valence-electron chi connectivity index (χ2n) is 14.1. The van der Waals surface area contributed by atoms with Crippen molar-refractivity contribution < 1.29 is 5.11 Å². The summed E-state index contributed by atoms with van der Waals surface area (Å²) in [7, 11) is 0. The highest BCUT2D eigenvalue weighted by Gasteiger charge is 2.63. The van der Waals surface area contributed by atoms with E-state index in [0.717, 1.165) is 24.2 Å². The van der Waals surface area contributed by atoms with E-state index in [1.54, 1.807) is 5.57 Å². The first-order valence-electron chi connectivity index (χ1n) is 13.8. The van der Waals surface area contributed by atoms with E-state index in [-0.39, 0.29) is 11.5 Å².